The number of methoxy groups -OCH3 is 1. The van der Waals surface area contributed by atoms with Crippen molar-refractivity contribution in [1.29, 1.82) is 0 Å². The molecule has 122 valence electrons. The Labute approximate surface area is 143 Å². The number of hydrogen-bond acceptors (Lipinski definition) is 3. The van der Waals surface area contributed by atoms with Crippen LogP contribution in [0.4, 0.5) is 10.1 Å². The Balaban J connectivity index is 2.03. The number of carbonyl (C=O) groups is 1. The number of anilines is 1. The van der Waals surface area contributed by atoms with Crippen molar-refractivity contribution in [1.82, 2.24) is 0 Å². The summed E-state index contributed by atoms with van der Waals surface area (Å²) in [4.78, 5) is 12.1. The van der Waals surface area contributed by atoms with Crippen molar-refractivity contribution in [2.75, 3.05) is 12.4 Å². The van der Waals surface area contributed by atoms with Gasteiger partial charge in [0.15, 0.2) is 6.10 Å². The van der Waals surface area contributed by atoms with Gasteiger partial charge in [-0.2, -0.15) is 0 Å². The molecule has 0 saturated carbocycles. The molecule has 0 fully saturated rings. The van der Waals surface area contributed by atoms with Gasteiger partial charge < -0.3 is 14.8 Å². The monoisotopic (exact) mass is 357 g/mol. The summed E-state index contributed by atoms with van der Waals surface area (Å²) >= 11 is 11.9. The molecule has 2 aromatic rings. The predicted molar refractivity (Wildman–Crippen MR) is 88.1 cm³/mol. The van der Waals surface area contributed by atoms with E-state index < -0.39 is 17.8 Å². The van der Waals surface area contributed by atoms with E-state index >= 15 is 0 Å². The van der Waals surface area contributed by atoms with Crippen molar-refractivity contribution in [2.45, 2.75) is 13.0 Å². The molecule has 0 spiro atoms. The van der Waals surface area contributed by atoms with Gasteiger partial charge in [-0.15, -0.1) is 0 Å². The number of amides is 1. The van der Waals surface area contributed by atoms with E-state index in [1.165, 1.54) is 19.2 Å². The van der Waals surface area contributed by atoms with E-state index in [0.717, 1.165) is 6.07 Å². The van der Waals surface area contributed by atoms with Gasteiger partial charge >= 0.3 is 0 Å². The number of benzene rings is 2. The summed E-state index contributed by atoms with van der Waals surface area (Å²) < 4.78 is 23.5. The van der Waals surface area contributed by atoms with Gasteiger partial charge in [-0.05, 0) is 43.3 Å². The summed E-state index contributed by atoms with van der Waals surface area (Å²) in [5.74, 6) is -0.144. The number of ether oxygens (including phenoxy) is 2. The first kappa shape index (κ1) is 17.4. The maximum Gasteiger partial charge on any atom is 0.265 e. The second-order valence-electron chi connectivity index (χ2n) is 4.67. The molecule has 2 rings (SSSR count). The molecule has 0 aromatic heterocycles. The molecule has 2 aromatic carbocycles. The largest absolute Gasteiger partial charge is 0.495 e. The summed E-state index contributed by atoms with van der Waals surface area (Å²) in [7, 11) is 1.50. The van der Waals surface area contributed by atoms with Gasteiger partial charge in [0.2, 0.25) is 0 Å². The van der Waals surface area contributed by atoms with Crippen LogP contribution >= 0.6 is 23.2 Å². The average molecular weight is 358 g/mol. The Kier molecular flexibility index (Phi) is 5.69. The third-order valence-corrected chi connectivity index (χ3v) is 3.58. The topological polar surface area (TPSA) is 47.6 Å². The number of hydrogen-bond donors (Lipinski definition) is 1. The summed E-state index contributed by atoms with van der Waals surface area (Å²) in [5, 5.41) is 3.13. The number of nitrogens with one attached hydrogen (secondary N) is 1. The first-order valence-corrected chi connectivity index (χ1v) is 7.42. The van der Waals surface area contributed by atoms with Crippen LogP contribution in [-0.4, -0.2) is 19.1 Å². The van der Waals surface area contributed by atoms with Crippen LogP contribution in [0, 0.1) is 5.82 Å². The molecule has 0 bridgehead atoms. The molecule has 0 aliphatic heterocycles. The van der Waals surface area contributed by atoms with Crippen LogP contribution in [0.1, 0.15) is 6.92 Å². The fourth-order valence-corrected chi connectivity index (χ4v) is 2.27. The Morgan fingerprint density at radius 2 is 1.78 bits per heavy atom. The predicted octanol–water partition coefficient (Wildman–Crippen LogP) is 4.55. The molecule has 0 aliphatic carbocycles. The third-order valence-electron chi connectivity index (χ3n) is 2.99. The summed E-state index contributed by atoms with van der Waals surface area (Å²) in [6.07, 6.45) is -0.834. The lowest BCUT2D eigenvalue weighted by Crippen LogP contribution is -2.30. The molecular formula is C16H14Cl2FNO3. The molecule has 0 aliphatic rings. The fraction of sp³-hybridized carbons (Fsp3) is 0.188. The van der Waals surface area contributed by atoms with Crippen LogP contribution in [0.2, 0.25) is 10.0 Å². The number of halogens is 3. The zero-order chi connectivity index (χ0) is 17.0. The van der Waals surface area contributed by atoms with Crippen LogP contribution < -0.4 is 14.8 Å². The highest BCUT2D eigenvalue weighted by atomic mass is 35.5. The van der Waals surface area contributed by atoms with Gasteiger partial charge in [0.25, 0.3) is 5.91 Å². The highest BCUT2D eigenvalue weighted by Gasteiger charge is 2.17. The van der Waals surface area contributed by atoms with Crippen molar-refractivity contribution in [3.8, 4) is 11.5 Å². The normalized spacial score (nSPS) is 11.7. The summed E-state index contributed by atoms with van der Waals surface area (Å²) in [6, 6.07) is 8.54. The smallest absolute Gasteiger partial charge is 0.265 e. The molecule has 0 saturated heterocycles. The molecule has 4 nitrogen and oxygen atoms in total. The molecule has 0 unspecified atom stereocenters. The number of carbonyl (C=O) groups excluding carboxylic acids is 1. The van der Waals surface area contributed by atoms with Crippen molar-refractivity contribution >= 4 is 34.8 Å². The Morgan fingerprint density at radius 1 is 1.13 bits per heavy atom. The molecular weight excluding hydrogens is 344 g/mol. The quantitative estimate of drug-likeness (QED) is 0.853. The highest BCUT2D eigenvalue weighted by molar-refractivity contribution is 6.32. The minimum absolute atomic E-state index is 0.0946. The van der Waals surface area contributed by atoms with E-state index in [4.69, 9.17) is 32.7 Å². The van der Waals surface area contributed by atoms with Crippen LogP contribution in [0.5, 0.6) is 11.5 Å². The Hall–Kier alpha value is -1.98. The zero-order valence-corrected chi connectivity index (χ0v) is 13.9. The fourth-order valence-electron chi connectivity index (χ4n) is 1.80. The number of rotatable bonds is 5. The van der Waals surface area contributed by atoms with Gasteiger partial charge in [0.1, 0.15) is 17.3 Å². The maximum atomic E-state index is 13.0. The van der Waals surface area contributed by atoms with E-state index in [2.05, 4.69) is 5.32 Å². The summed E-state index contributed by atoms with van der Waals surface area (Å²) in [5.41, 5.74) is 0.501. The van der Waals surface area contributed by atoms with Crippen molar-refractivity contribution in [2.24, 2.45) is 0 Å². The molecule has 1 amide bonds. The lowest BCUT2D eigenvalue weighted by atomic mass is 10.2. The van der Waals surface area contributed by atoms with Crippen LogP contribution in [0.3, 0.4) is 0 Å². The van der Waals surface area contributed by atoms with Crippen molar-refractivity contribution < 1.29 is 18.7 Å². The molecule has 7 heteroatoms. The van der Waals surface area contributed by atoms with Gasteiger partial charge in [-0.25, -0.2) is 4.39 Å². The summed E-state index contributed by atoms with van der Waals surface area (Å²) in [6.45, 7) is 1.56. The molecule has 0 radical (unpaired) electrons. The Bertz CT molecular complexity index is 724. The zero-order valence-electron chi connectivity index (χ0n) is 12.4. The van der Waals surface area contributed by atoms with Crippen LogP contribution in [-0.2, 0) is 4.79 Å². The van der Waals surface area contributed by atoms with E-state index in [1.54, 1.807) is 25.1 Å². The second kappa shape index (κ2) is 7.53. The molecule has 1 N–H and O–H groups in total. The van der Waals surface area contributed by atoms with E-state index in [1.807, 2.05) is 0 Å². The third kappa shape index (κ3) is 4.50. The Morgan fingerprint density at radius 3 is 2.39 bits per heavy atom. The van der Waals surface area contributed by atoms with Gasteiger partial charge in [0, 0.05) is 5.69 Å². The second-order valence-corrected chi connectivity index (χ2v) is 5.49. The first-order chi connectivity index (χ1) is 10.9. The average Bonchev–Trinajstić information content (AvgIpc) is 2.50. The molecule has 1 atom stereocenters. The minimum Gasteiger partial charge on any atom is -0.495 e. The van der Waals surface area contributed by atoms with Crippen LogP contribution in [0.25, 0.3) is 0 Å². The van der Waals surface area contributed by atoms with Crippen molar-refractivity contribution in [3.05, 3.63) is 52.3 Å². The molecule has 0 heterocycles. The molecule has 23 heavy (non-hydrogen) atoms. The highest BCUT2D eigenvalue weighted by Crippen LogP contribution is 2.28. The van der Waals surface area contributed by atoms with E-state index in [-0.39, 0.29) is 10.8 Å². The standard InChI is InChI=1S/C16H14Cl2FNO3/c1-9(23-15-5-3-10(19)7-12(15)17)16(21)20-11-4-6-14(22-2)13(18)8-11/h3-9H,1-2H3,(H,20,21)/t9-/m1/s1. The van der Waals surface area contributed by atoms with E-state index in [0.29, 0.717) is 16.5 Å². The lowest BCUT2D eigenvalue weighted by Gasteiger charge is -2.16. The minimum atomic E-state index is -0.834. The van der Waals surface area contributed by atoms with E-state index in [9.17, 15) is 9.18 Å². The van der Waals surface area contributed by atoms with Crippen LogP contribution in [0.15, 0.2) is 36.4 Å². The lowest BCUT2D eigenvalue weighted by molar-refractivity contribution is -0.122. The van der Waals surface area contributed by atoms with Gasteiger partial charge in [0.05, 0.1) is 17.2 Å². The van der Waals surface area contributed by atoms with Gasteiger partial charge in [-0.3, -0.25) is 4.79 Å². The SMILES string of the molecule is COc1ccc(NC(=O)[C@@H](C)Oc2ccc(F)cc2Cl)cc1Cl. The van der Waals surface area contributed by atoms with Gasteiger partial charge in [-0.1, -0.05) is 23.2 Å². The first-order valence-electron chi connectivity index (χ1n) is 6.67. The maximum absolute atomic E-state index is 13.0. The van der Waals surface area contributed by atoms with Crippen molar-refractivity contribution in [3.63, 3.8) is 0 Å².